The summed E-state index contributed by atoms with van der Waals surface area (Å²) in [7, 11) is 0. The minimum Gasteiger partial charge on any atom is -0.444 e. The zero-order valence-electron chi connectivity index (χ0n) is 8.70. The van der Waals surface area contributed by atoms with Gasteiger partial charge in [-0.25, -0.2) is 4.79 Å². The third kappa shape index (κ3) is 5.00. The molecule has 6 nitrogen and oxygen atoms in total. The van der Waals surface area contributed by atoms with Gasteiger partial charge < -0.3 is 20.7 Å². The molecular weight excluding hydrogens is 188 g/mol. The molecule has 0 aliphatic rings. The van der Waals surface area contributed by atoms with Gasteiger partial charge in [0, 0.05) is 0 Å². The lowest BCUT2D eigenvalue weighted by Crippen LogP contribution is -2.61. The molecule has 0 spiro atoms. The average molecular weight is 206 g/mol. The largest absolute Gasteiger partial charge is 0.444 e. The van der Waals surface area contributed by atoms with E-state index >= 15 is 0 Å². The quantitative estimate of drug-likeness (QED) is 0.450. The summed E-state index contributed by atoms with van der Waals surface area (Å²) >= 11 is 0. The highest BCUT2D eigenvalue weighted by atomic mass is 16.6. The van der Waals surface area contributed by atoms with Gasteiger partial charge in [-0.2, -0.15) is 0 Å². The standard InChI is InChI=1S/C8H18N2O4/c1-7(2,3)14-6(13)10-8(9,4-11)5-12/h11-12H,4-5,9H2,1-3H3,(H,10,13). The number of rotatable bonds is 3. The van der Waals surface area contributed by atoms with E-state index in [0.717, 1.165) is 0 Å². The van der Waals surface area contributed by atoms with E-state index in [4.69, 9.17) is 20.7 Å². The summed E-state index contributed by atoms with van der Waals surface area (Å²) in [4.78, 5) is 11.2. The molecule has 0 aromatic carbocycles. The van der Waals surface area contributed by atoms with Crippen molar-refractivity contribution >= 4 is 6.09 Å². The molecule has 0 rings (SSSR count). The maximum Gasteiger partial charge on any atom is 0.409 e. The SMILES string of the molecule is CC(C)(C)OC(=O)NC(N)(CO)CO. The van der Waals surface area contributed by atoms with Gasteiger partial charge in [0.05, 0.1) is 13.2 Å². The van der Waals surface area contributed by atoms with Crippen LogP contribution in [0, 0.1) is 0 Å². The number of nitrogens with one attached hydrogen (secondary N) is 1. The fourth-order valence-electron chi connectivity index (χ4n) is 0.636. The number of aliphatic hydroxyl groups excluding tert-OH is 2. The molecule has 84 valence electrons. The van der Waals surface area contributed by atoms with Crippen molar-refractivity contribution in [3.63, 3.8) is 0 Å². The molecule has 0 bridgehead atoms. The lowest BCUT2D eigenvalue weighted by atomic mass is 10.2. The number of hydrogen-bond donors (Lipinski definition) is 4. The Balaban J connectivity index is 4.18. The van der Waals surface area contributed by atoms with E-state index in [1.165, 1.54) is 0 Å². The van der Waals surface area contributed by atoms with Gasteiger partial charge in [0.25, 0.3) is 0 Å². The van der Waals surface area contributed by atoms with Gasteiger partial charge in [0.15, 0.2) is 0 Å². The fourth-order valence-corrected chi connectivity index (χ4v) is 0.636. The molecule has 6 heteroatoms. The van der Waals surface area contributed by atoms with Gasteiger partial charge in [-0.3, -0.25) is 5.32 Å². The highest BCUT2D eigenvalue weighted by molar-refractivity contribution is 5.68. The Morgan fingerprint density at radius 1 is 1.36 bits per heavy atom. The average Bonchev–Trinajstić information content (AvgIpc) is 2.00. The summed E-state index contributed by atoms with van der Waals surface area (Å²) in [6.45, 7) is 3.96. The van der Waals surface area contributed by atoms with Crippen molar-refractivity contribution in [1.82, 2.24) is 5.32 Å². The molecule has 0 aromatic heterocycles. The molecule has 0 aromatic rings. The maximum atomic E-state index is 11.2. The minimum atomic E-state index is -1.54. The highest BCUT2D eigenvalue weighted by Crippen LogP contribution is 2.07. The van der Waals surface area contributed by atoms with Gasteiger partial charge in [0.1, 0.15) is 11.3 Å². The van der Waals surface area contributed by atoms with Gasteiger partial charge in [-0.05, 0) is 20.8 Å². The number of aliphatic hydroxyl groups is 2. The minimum absolute atomic E-state index is 0.567. The van der Waals surface area contributed by atoms with Gasteiger partial charge in [-0.15, -0.1) is 0 Å². The summed E-state index contributed by atoms with van der Waals surface area (Å²) in [5.41, 5.74) is 3.22. The van der Waals surface area contributed by atoms with Crippen molar-refractivity contribution in [2.75, 3.05) is 13.2 Å². The number of amides is 1. The molecule has 14 heavy (non-hydrogen) atoms. The summed E-state index contributed by atoms with van der Waals surface area (Å²) in [6.07, 6.45) is -0.775. The van der Waals surface area contributed by atoms with Crippen LogP contribution >= 0.6 is 0 Å². The molecule has 0 radical (unpaired) electrons. The fraction of sp³-hybridized carbons (Fsp3) is 0.875. The molecule has 0 aliphatic heterocycles. The van der Waals surface area contributed by atoms with Crippen LogP contribution in [0.3, 0.4) is 0 Å². The Labute approximate surface area is 83.0 Å². The normalized spacial score (nSPS) is 12.4. The molecule has 0 heterocycles. The van der Waals surface area contributed by atoms with Crippen LogP contribution in [0.15, 0.2) is 0 Å². The van der Waals surface area contributed by atoms with E-state index in [2.05, 4.69) is 5.32 Å². The van der Waals surface area contributed by atoms with Crippen LogP contribution in [0.4, 0.5) is 4.79 Å². The Hall–Kier alpha value is -0.850. The Bertz CT molecular complexity index is 196. The van der Waals surface area contributed by atoms with E-state index in [-0.39, 0.29) is 0 Å². The second kappa shape index (κ2) is 4.59. The van der Waals surface area contributed by atoms with Crippen molar-refractivity contribution in [3.05, 3.63) is 0 Å². The van der Waals surface area contributed by atoms with Crippen LogP contribution in [0.5, 0.6) is 0 Å². The molecule has 5 N–H and O–H groups in total. The number of carbonyl (C=O) groups is 1. The summed E-state index contributed by atoms with van der Waals surface area (Å²) in [5, 5.41) is 19.7. The molecule has 0 saturated carbocycles. The first-order chi connectivity index (χ1) is 6.22. The molecule has 0 atom stereocenters. The van der Waals surface area contributed by atoms with Crippen molar-refractivity contribution in [2.24, 2.45) is 5.73 Å². The van der Waals surface area contributed by atoms with Crippen LogP contribution in [0.2, 0.25) is 0 Å². The number of alkyl carbamates (subject to hydrolysis) is 1. The molecule has 0 fully saturated rings. The van der Waals surface area contributed by atoms with E-state index in [0.29, 0.717) is 0 Å². The van der Waals surface area contributed by atoms with Crippen molar-refractivity contribution in [3.8, 4) is 0 Å². The lowest BCUT2D eigenvalue weighted by molar-refractivity contribution is 0.0308. The van der Waals surface area contributed by atoms with E-state index in [1.807, 2.05) is 0 Å². The third-order valence-electron chi connectivity index (χ3n) is 1.31. The van der Waals surface area contributed by atoms with Gasteiger partial charge >= 0.3 is 6.09 Å². The Morgan fingerprint density at radius 2 is 1.79 bits per heavy atom. The Morgan fingerprint density at radius 3 is 2.07 bits per heavy atom. The van der Waals surface area contributed by atoms with E-state index in [9.17, 15) is 4.79 Å². The third-order valence-corrected chi connectivity index (χ3v) is 1.31. The molecule has 0 aliphatic carbocycles. The van der Waals surface area contributed by atoms with Crippen LogP contribution in [-0.4, -0.2) is 40.8 Å². The zero-order chi connectivity index (χ0) is 11.4. The predicted octanol–water partition coefficient (Wildman–Crippen LogP) is -0.849. The first-order valence-electron chi connectivity index (χ1n) is 4.24. The van der Waals surface area contributed by atoms with Crippen molar-refractivity contribution in [1.29, 1.82) is 0 Å². The van der Waals surface area contributed by atoms with Gasteiger partial charge in [0.2, 0.25) is 0 Å². The number of nitrogens with two attached hydrogens (primary N) is 1. The second-order valence-electron chi connectivity index (χ2n) is 4.10. The number of ether oxygens (including phenoxy) is 1. The zero-order valence-corrected chi connectivity index (χ0v) is 8.70. The topological polar surface area (TPSA) is 105 Å². The summed E-state index contributed by atoms with van der Waals surface area (Å²) < 4.78 is 4.88. The molecule has 0 saturated heterocycles. The monoisotopic (exact) mass is 206 g/mol. The van der Waals surface area contributed by atoms with Gasteiger partial charge in [-0.1, -0.05) is 0 Å². The first-order valence-corrected chi connectivity index (χ1v) is 4.24. The van der Waals surface area contributed by atoms with E-state index in [1.54, 1.807) is 20.8 Å². The van der Waals surface area contributed by atoms with Crippen LogP contribution < -0.4 is 11.1 Å². The van der Waals surface area contributed by atoms with Crippen LogP contribution in [-0.2, 0) is 4.74 Å². The highest BCUT2D eigenvalue weighted by Gasteiger charge is 2.27. The number of carbonyl (C=O) groups excluding carboxylic acids is 1. The molecule has 0 unspecified atom stereocenters. The second-order valence-corrected chi connectivity index (χ2v) is 4.10. The van der Waals surface area contributed by atoms with Crippen molar-refractivity contribution < 1.29 is 19.7 Å². The Kier molecular flexibility index (Phi) is 4.31. The van der Waals surface area contributed by atoms with Crippen molar-refractivity contribution in [2.45, 2.75) is 32.0 Å². The summed E-state index contributed by atoms with van der Waals surface area (Å²) in [5.74, 6) is 0. The predicted molar refractivity (Wildman–Crippen MR) is 50.5 cm³/mol. The lowest BCUT2D eigenvalue weighted by Gasteiger charge is -2.28. The van der Waals surface area contributed by atoms with E-state index < -0.39 is 30.6 Å². The maximum absolute atomic E-state index is 11.2. The summed E-state index contributed by atoms with van der Waals surface area (Å²) in [6, 6.07) is 0. The molecular formula is C8H18N2O4. The number of hydrogen-bond acceptors (Lipinski definition) is 5. The smallest absolute Gasteiger partial charge is 0.409 e. The van der Waals surface area contributed by atoms with Crippen LogP contribution in [0.25, 0.3) is 0 Å². The molecule has 1 amide bonds. The first kappa shape index (κ1) is 13.2. The van der Waals surface area contributed by atoms with Crippen LogP contribution in [0.1, 0.15) is 20.8 Å².